The molecular formula is C14H18F3N3O. The minimum Gasteiger partial charge on any atom is -0.335 e. The van der Waals surface area contributed by atoms with Crippen LogP contribution in [0.15, 0.2) is 24.3 Å². The van der Waals surface area contributed by atoms with Crippen molar-refractivity contribution in [1.82, 2.24) is 5.32 Å². The van der Waals surface area contributed by atoms with Gasteiger partial charge in [0.2, 0.25) is 0 Å². The molecule has 0 radical (unpaired) electrons. The van der Waals surface area contributed by atoms with Gasteiger partial charge in [-0.3, -0.25) is 0 Å². The maximum Gasteiger partial charge on any atom is 0.416 e. The zero-order valence-corrected chi connectivity index (χ0v) is 11.4. The normalized spacial score (nSPS) is 22.7. The van der Waals surface area contributed by atoms with Gasteiger partial charge in [0.25, 0.3) is 0 Å². The minimum absolute atomic E-state index is 0.0237. The van der Waals surface area contributed by atoms with Gasteiger partial charge in [-0.05, 0) is 43.9 Å². The second-order valence-corrected chi connectivity index (χ2v) is 5.29. The van der Waals surface area contributed by atoms with E-state index in [9.17, 15) is 18.0 Å². The molecule has 0 aromatic heterocycles. The van der Waals surface area contributed by atoms with Crippen molar-refractivity contribution < 1.29 is 18.0 Å². The monoisotopic (exact) mass is 301 g/mol. The molecule has 1 aliphatic carbocycles. The summed E-state index contributed by atoms with van der Waals surface area (Å²) in [6.45, 7) is 0. The van der Waals surface area contributed by atoms with Crippen molar-refractivity contribution in [3.05, 3.63) is 29.8 Å². The molecule has 2 amide bonds. The summed E-state index contributed by atoms with van der Waals surface area (Å²) in [5, 5.41) is 5.19. The topological polar surface area (TPSA) is 67.1 Å². The Morgan fingerprint density at radius 2 is 1.86 bits per heavy atom. The highest BCUT2D eigenvalue weighted by atomic mass is 19.4. The Labute approximate surface area is 120 Å². The number of halogens is 3. The number of hydrogen-bond donors (Lipinski definition) is 3. The predicted molar refractivity (Wildman–Crippen MR) is 73.8 cm³/mol. The van der Waals surface area contributed by atoms with Gasteiger partial charge in [0.1, 0.15) is 0 Å². The number of nitrogens with one attached hydrogen (secondary N) is 2. The maximum atomic E-state index is 12.6. The highest BCUT2D eigenvalue weighted by molar-refractivity contribution is 5.89. The summed E-state index contributed by atoms with van der Waals surface area (Å²) in [7, 11) is 0. The van der Waals surface area contributed by atoms with Gasteiger partial charge in [-0.25, -0.2) is 4.79 Å². The quantitative estimate of drug-likeness (QED) is 0.785. The van der Waals surface area contributed by atoms with E-state index in [-0.39, 0.29) is 17.8 Å². The molecule has 4 N–H and O–H groups in total. The molecular weight excluding hydrogens is 283 g/mol. The van der Waals surface area contributed by atoms with Crippen molar-refractivity contribution in [2.24, 2.45) is 5.73 Å². The number of hydrogen-bond acceptors (Lipinski definition) is 2. The third kappa shape index (κ3) is 4.63. The second kappa shape index (κ2) is 6.34. The largest absolute Gasteiger partial charge is 0.416 e. The van der Waals surface area contributed by atoms with Gasteiger partial charge in [-0.2, -0.15) is 13.2 Å². The number of rotatable bonds is 2. The molecule has 21 heavy (non-hydrogen) atoms. The van der Waals surface area contributed by atoms with E-state index in [0.717, 1.165) is 37.8 Å². The molecule has 1 saturated carbocycles. The van der Waals surface area contributed by atoms with Crippen molar-refractivity contribution in [3.63, 3.8) is 0 Å². The molecule has 0 unspecified atom stereocenters. The first kappa shape index (κ1) is 15.6. The molecule has 1 aromatic rings. The summed E-state index contributed by atoms with van der Waals surface area (Å²) in [5.74, 6) is 0. The lowest BCUT2D eigenvalue weighted by Crippen LogP contribution is -2.42. The van der Waals surface area contributed by atoms with Crippen molar-refractivity contribution in [2.75, 3.05) is 5.32 Å². The Balaban J connectivity index is 1.91. The summed E-state index contributed by atoms with van der Waals surface area (Å²) in [6.07, 6.45) is -1.16. The SMILES string of the molecule is NC1CCC(NC(=O)Nc2cccc(C(F)(F)F)c2)CC1. The van der Waals surface area contributed by atoms with Gasteiger partial charge in [0.15, 0.2) is 0 Å². The van der Waals surface area contributed by atoms with Gasteiger partial charge >= 0.3 is 12.2 Å². The van der Waals surface area contributed by atoms with Crippen LogP contribution in [0, 0.1) is 0 Å². The van der Waals surface area contributed by atoms with Crippen molar-refractivity contribution in [3.8, 4) is 0 Å². The zero-order valence-electron chi connectivity index (χ0n) is 11.4. The van der Waals surface area contributed by atoms with E-state index >= 15 is 0 Å². The fraction of sp³-hybridized carbons (Fsp3) is 0.500. The lowest BCUT2D eigenvalue weighted by Gasteiger charge is -2.26. The molecule has 1 aliphatic rings. The molecule has 116 valence electrons. The van der Waals surface area contributed by atoms with Crippen LogP contribution in [0.25, 0.3) is 0 Å². The molecule has 1 aromatic carbocycles. The number of urea groups is 1. The average molecular weight is 301 g/mol. The van der Waals surface area contributed by atoms with Crippen LogP contribution in [0.3, 0.4) is 0 Å². The Kier molecular flexibility index (Phi) is 4.72. The van der Waals surface area contributed by atoms with Crippen LogP contribution in [0.1, 0.15) is 31.2 Å². The third-order valence-corrected chi connectivity index (χ3v) is 3.55. The van der Waals surface area contributed by atoms with Gasteiger partial charge in [-0.15, -0.1) is 0 Å². The van der Waals surface area contributed by atoms with E-state index in [1.807, 2.05) is 0 Å². The smallest absolute Gasteiger partial charge is 0.335 e. The zero-order chi connectivity index (χ0) is 15.5. The molecule has 0 heterocycles. The molecule has 7 heteroatoms. The van der Waals surface area contributed by atoms with Gasteiger partial charge in [0.05, 0.1) is 5.56 Å². The first-order valence-electron chi connectivity index (χ1n) is 6.85. The highest BCUT2D eigenvalue weighted by Crippen LogP contribution is 2.30. The van der Waals surface area contributed by atoms with Gasteiger partial charge in [0, 0.05) is 17.8 Å². The summed E-state index contributed by atoms with van der Waals surface area (Å²) < 4.78 is 37.7. The van der Waals surface area contributed by atoms with Crippen LogP contribution in [0.4, 0.5) is 23.7 Å². The summed E-state index contributed by atoms with van der Waals surface area (Å²) in [4.78, 5) is 11.8. The maximum absolute atomic E-state index is 12.6. The Bertz CT molecular complexity index is 496. The fourth-order valence-corrected chi connectivity index (χ4v) is 2.39. The van der Waals surface area contributed by atoms with E-state index < -0.39 is 17.8 Å². The first-order chi connectivity index (χ1) is 9.84. The number of benzene rings is 1. The lowest BCUT2D eigenvalue weighted by molar-refractivity contribution is -0.137. The fourth-order valence-electron chi connectivity index (χ4n) is 2.39. The lowest BCUT2D eigenvalue weighted by atomic mass is 9.92. The molecule has 2 rings (SSSR count). The minimum atomic E-state index is -4.42. The summed E-state index contributed by atoms with van der Waals surface area (Å²) >= 11 is 0. The average Bonchev–Trinajstić information content (AvgIpc) is 2.41. The van der Waals surface area contributed by atoms with Crippen LogP contribution in [0.2, 0.25) is 0 Å². The number of carbonyl (C=O) groups excluding carboxylic acids is 1. The first-order valence-corrected chi connectivity index (χ1v) is 6.85. The number of nitrogens with two attached hydrogens (primary N) is 1. The summed E-state index contributed by atoms with van der Waals surface area (Å²) in [5.41, 5.74) is 5.11. The van der Waals surface area contributed by atoms with Crippen LogP contribution in [-0.2, 0) is 6.18 Å². The number of anilines is 1. The van der Waals surface area contributed by atoms with E-state index in [1.54, 1.807) is 0 Å². The molecule has 0 atom stereocenters. The van der Waals surface area contributed by atoms with Crippen LogP contribution >= 0.6 is 0 Å². The van der Waals surface area contributed by atoms with Gasteiger partial charge < -0.3 is 16.4 Å². The Morgan fingerprint density at radius 1 is 1.19 bits per heavy atom. The van der Waals surface area contributed by atoms with E-state index in [0.29, 0.717) is 0 Å². The molecule has 0 saturated heterocycles. The standard InChI is InChI=1S/C14H18F3N3O/c15-14(16,17)9-2-1-3-12(8-9)20-13(21)19-11-6-4-10(18)5-7-11/h1-3,8,10-11H,4-7,18H2,(H2,19,20,21). The molecule has 1 fully saturated rings. The molecule has 0 bridgehead atoms. The number of carbonyl (C=O) groups is 1. The van der Waals surface area contributed by atoms with Crippen LogP contribution in [-0.4, -0.2) is 18.1 Å². The van der Waals surface area contributed by atoms with Crippen molar-refractivity contribution in [1.29, 1.82) is 0 Å². The van der Waals surface area contributed by atoms with Crippen molar-refractivity contribution in [2.45, 2.75) is 43.9 Å². The van der Waals surface area contributed by atoms with Crippen LogP contribution in [0.5, 0.6) is 0 Å². The summed E-state index contributed by atoms with van der Waals surface area (Å²) in [6, 6.07) is 4.27. The second-order valence-electron chi connectivity index (χ2n) is 5.29. The van der Waals surface area contributed by atoms with E-state index in [2.05, 4.69) is 10.6 Å². The number of alkyl halides is 3. The third-order valence-electron chi connectivity index (χ3n) is 3.55. The predicted octanol–water partition coefficient (Wildman–Crippen LogP) is 3.10. The van der Waals surface area contributed by atoms with Crippen molar-refractivity contribution >= 4 is 11.7 Å². The highest BCUT2D eigenvalue weighted by Gasteiger charge is 2.30. The Hall–Kier alpha value is -1.76. The van der Waals surface area contributed by atoms with Crippen LogP contribution < -0.4 is 16.4 Å². The van der Waals surface area contributed by atoms with E-state index in [4.69, 9.17) is 5.73 Å². The molecule has 0 aliphatic heterocycles. The Morgan fingerprint density at radius 3 is 2.48 bits per heavy atom. The van der Waals surface area contributed by atoms with Gasteiger partial charge in [-0.1, -0.05) is 6.07 Å². The van der Waals surface area contributed by atoms with E-state index in [1.165, 1.54) is 12.1 Å². The molecule has 4 nitrogen and oxygen atoms in total. The molecule has 0 spiro atoms. The number of amides is 2.